The average Bonchev–Trinajstić information content (AvgIpc) is 2.43. The van der Waals surface area contributed by atoms with Crippen LogP contribution in [0, 0.1) is 11.8 Å². The summed E-state index contributed by atoms with van der Waals surface area (Å²) in [6.45, 7) is 11.4. The number of carbonyl (C=O) groups excluding carboxylic acids is 2. The Kier molecular flexibility index (Phi) is 6.87. The molecule has 0 aliphatic heterocycles. The Morgan fingerprint density at radius 1 is 1.32 bits per heavy atom. The fourth-order valence-corrected chi connectivity index (χ4v) is 2.60. The minimum atomic E-state index is -0.531. The van der Waals surface area contributed by atoms with Gasteiger partial charge in [0, 0.05) is 6.04 Å². The van der Waals surface area contributed by atoms with E-state index in [4.69, 9.17) is 9.47 Å². The van der Waals surface area contributed by atoms with Gasteiger partial charge < -0.3 is 9.47 Å². The van der Waals surface area contributed by atoms with Crippen LogP contribution in [0.4, 0.5) is 4.79 Å². The second-order valence-electron chi connectivity index (χ2n) is 6.54. The Balaban J connectivity index is 2.45. The third-order valence-electron chi connectivity index (χ3n) is 3.57. The molecule has 126 valence electrons. The van der Waals surface area contributed by atoms with Gasteiger partial charge in [-0.1, -0.05) is 6.08 Å². The van der Waals surface area contributed by atoms with Gasteiger partial charge in [-0.05, 0) is 52.9 Å². The molecule has 0 saturated heterocycles. The molecule has 1 rings (SSSR count). The van der Waals surface area contributed by atoms with E-state index < -0.39 is 11.7 Å². The highest BCUT2D eigenvalue weighted by Gasteiger charge is 2.34. The number of esters is 1. The van der Waals surface area contributed by atoms with Gasteiger partial charge in [0.05, 0.1) is 12.5 Å². The van der Waals surface area contributed by atoms with Crippen LogP contribution in [0.3, 0.4) is 0 Å². The normalized spacial score (nSPS) is 25.2. The zero-order valence-electron chi connectivity index (χ0n) is 14.0. The number of rotatable bonds is 5. The Hall–Kier alpha value is -1.56. The molecule has 0 heterocycles. The summed E-state index contributed by atoms with van der Waals surface area (Å²) in [6, 6.07) is 0.0844. The zero-order chi connectivity index (χ0) is 16.8. The molecule has 0 spiro atoms. The molecular formula is C16H28N2O4. The lowest BCUT2D eigenvalue weighted by Crippen LogP contribution is -2.49. The molecule has 0 aromatic heterocycles. The summed E-state index contributed by atoms with van der Waals surface area (Å²) in [5, 5.41) is 0. The Morgan fingerprint density at radius 3 is 2.55 bits per heavy atom. The fourth-order valence-electron chi connectivity index (χ4n) is 2.60. The SMILES string of the molecule is C=C[C@@H]1C[C@@H](NNC(=O)OC(C)(C)C)CC[C@@H]1C(=O)OCC. The van der Waals surface area contributed by atoms with Crippen molar-refractivity contribution >= 4 is 12.1 Å². The molecule has 1 aliphatic carbocycles. The summed E-state index contributed by atoms with van der Waals surface area (Å²) in [5.74, 6) is -0.256. The van der Waals surface area contributed by atoms with Gasteiger partial charge in [-0.15, -0.1) is 6.58 Å². The lowest BCUT2D eigenvalue weighted by molar-refractivity contribution is -0.150. The van der Waals surface area contributed by atoms with Crippen molar-refractivity contribution in [2.45, 2.75) is 58.6 Å². The Labute approximate surface area is 132 Å². The highest BCUT2D eigenvalue weighted by Crippen LogP contribution is 2.31. The van der Waals surface area contributed by atoms with Crippen LogP contribution in [0.15, 0.2) is 12.7 Å². The van der Waals surface area contributed by atoms with Crippen LogP contribution >= 0.6 is 0 Å². The van der Waals surface area contributed by atoms with Gasteiger partial charge in [0.1, 0.15) is 5.60 Å². The van der Waals surface area contributed by atoms with Crippen molar-refractivity contribution in [2.24, 2.45) is 11.8 Å². The predicted molar refractivity (Wildman–Crippen MR) is 84.0 cm³/mol. The van der Waals surface area contributed by atoms with Gasteiger partial charge in [0.25, 0.3) is 0 Å². The van der Waals surface area contributed by atoms with E-state index in [1.807, 2.05) is 20.8 Å². The minimum absolute atomic E-state index is 0.0470. The highest BCUT2D eigenvalue weighted by molar-refractivity contribution is 5.73. The fraction of sp³-hybridized carbons (Fsp3) is 0.750. The summed E-state index contributed by atoms with van der Waals surface area (Å²) in [7, 11) is 0. The highest BCUT2D eigenvalue weighted by atomic mass is 16.6. The van der Waals surface area contributed by atoms with Crippen LogP contribution in [-0.2, 0) is 14.3 Å². The van der Waals surface area contributed by atoms with Crippen molar-refractivity contribution in [3.8, 4) is 0 Å². The molecular weight excluding hydrogens is 284 g/mol. The molecule has 1 amide bonds. The zero-order valence-corrected chi connectivity index (χ0v) is 14.0. The van der Waals surface area contributed by atoms with Gasteiger partial charge in [0.2, 0.25) is 0 Å². The van der Waals surface area contributed by atoms with E-state index in [0.29, 0.717) is 13.0 Å². The minimum Gasteiger partial charge on any atom is -0.466 e. The quantitative estimate of drug-likeness (QED) is 0.463. The van der Waals surface area contributed by atoms with Crippen molar-refractivity contribution in [2.75, 3.05) is 6.61 Å². The van der Waals surface area contributed by atoms with Crippen LogP contribution < -0.4 is 10.9 Å². The third kappa shape index (κ3) is 6.05. The number of nitrogens with one attached hydrogen (secondary N) is 2. The van der Waals surface area contributed by atoms with Gasteiger partial charge in [0.15, 0.2) is 0 Å². The van der Waals surface area contributed by atoms with E-state index in [2.05, 4.69) is 17.4 Å². The first-order chi connectivity index (χ1) is 10.3. The number of carbonyl (C=O) groups is 2. The van der Waals surface area contributed by atoms with Gasteiger partial charge >= 0.3 is 12.1 Å². The first kappa shape index (κ1) is 18.5. The first-order valence-electron chi connectivity index (χ1n) is 7.80. The first-order valence-corrected chi connectivity index (χ1v) is 7.80. The number of hydrazine groups is 1. The standard InChI is InChI=1S/C16H28N2O4/c1-6-11-10-12(8-9-13(11)14(19)21-7-2)17-18-15(20)22-16(3,4)5/h6,11-13,17H,1,7-10H2,2-5H3,(H,18,20)/t11-,12+,13+/m1/s1. The number of hydrogen-bond acceptors (Lipinski definition) is 5. The van der Waals surface area contributed by atoms with Crippen molar-refractivity contribution in [3.05, 3.63) is 12.7 Å². The summed E-state index contributed by atoms with van der Waals surface area (Å²) in [6.07, 6.45) is 3.51. The van der Waals surface area contributed by atoms with Crippen LogP contribution in [0.5, 0.6) is 0 Å². The number of ether oxygens (including phenoxy) is 2. The molecule has 6 heteroatoms. The molecule has 0 aromatic carbocycles. The largest absolute Gasteiger partial charge is 0.466 e. The van der Waals surface area contributed by atoms with E-state index in [-0.39, 0.29) is 23.8 Å². The number of amides is 1. The molecule has 1 fully saturated rings. The summed E-state index contributed by atoms with van der Waals surface area (Å²) >= 11 is 0. The maximum Gasteiger partial charge on any atom is 0.422 e. The van der Waals surface area contributed by atoms with Crippen LogP contribution in [0.1, 0.15) is 47.0 Å². The number of allylic oxidation sites excluding steroid dienone is 1. The molecule has 1 saturated carbocycles. The maximum absolute atomic E-state index is 11.9. The van der Waals surface area contributed by atoms with E-state index in [1.165, 1.54) is 0 Å². The number of hydrogen-bond donors (Lipinski definition) is 2. The van der Waals surface area contributed by atoms with Crippen molar-refractivity contribution in [3.63, 3.8) is 0 Å². The molecule has 0 unspecified atom stereocenters. The smallest absolute Gasteiger partial charge is 0.422 e. The molecule has 1 aliphatic rings. The van der Waals surface area contributed by atoms with E-state index in [1.54, 1.807) is 13.0 Å². The lowest BCUT2D eigenvalue weighted by Gasteiger charge is -2.33. The molecule has 0 bridgehead atoms. The monoisotopic (exact) mass is 312 g/mol. The van der Waals surface area contributed by atoms with E-state index in [0.717, 1.165) is 12.8 Å². The van der Waals surface area contributed by atoms with Crippen molar-refractivity contribution in [1.82, 2.24) is 10.9 Å². The average molecular weight is 312 g/mol. The second kappa shape index (κ2) is 8.17. The molecule has 0 radical (unpaired) electrons. The van der Waals surface area contributed by atoms with Gasteiger partial charge in [-0.3, -0.25) is 10.2 Å². The second-order valence-corrected chi connectivity index (χ2v) is 6.54. The van der Waals surface area contributed by atoms with Gasteiger partial charge in [-0.2, -0.15) is 0 Å². The molecule has 6 nitrogen and oxygen atoms in total. The van der Waals surface area contributed by atoms with Gasteiger partial charge in [-0.25, -0.2) is 10.2 Å². The van der Waals surface area contributed by atoms with E-state index in [9.17, 15) is 9.59 Å². The lowest BCUT2D eigenvalue weighted by atomic mass is 9.77. The van der Waals surface area contributed by atoms with Crippen LogP contribution in [0.25, 0.3) is 0 Å². The molecule has 2 N–H and O–H groups in total. The van der Waals surface area contributed by atoms with Crippen LogP contribution in [-0.4, -0.2) is 30.3 Å². The maximum atomic E-state index is 11.9. The Bertz CT molecular complexity index is 403. The Morgan fingerprint density at radius 2 is 2.00 bits per heavy atom. The molecule has 22 heavy (non-hydrogen) atoms. The molecule has 3 atom stereocenters. The summed E-state index contributed by atoms with van der Waals surface area (Å²) in [5.41, 5.74) is 5.01. The third-order valence-corrected chi connectivity index (χ3v) is 3.57. The summed E-state index contributed by atoms with van der Waals surface area (Å²) in [4.78, 5) is 23.5. The summed E-state index contributed by atoms with van der Waals surface area (Å²) < 4.78 is 10.3. The topological polar surface area (TPSA) is 76.7 Å². The van der Waals surface area contributed by atoms with Crippen LogP contribution in [0.2, 0.25) is 0 Å². The van der Waals surface area contributed by atoms with Crippen molar-refractivity contribution < 1.29 is 19.1 Å². The predicted octanol–water partition coefficient (Wildman–Crippen LogP) is 2.55. The van der Waals surface area contributed by atoms with E-state index >= 15 is 0 Å². The van der Waals surface area contributed by atoms with Crippen molar-refractivity contribution in [1.29, 1.82) is 0 Å². The molecule has 0 aromatic rings.